The van der Waals surface area contributed by atoms with Gasteiger partial charge in [0.2, 0.25) is 0 Å². The molecule has 1 heterocycles. The molecule has 1 N–H and O–H groups in total. The van der Waals surface area contributed by atoms with E-state index in [4.69, 9.17) is 4.98 Å². The minimum Gasteiger partial charge on any atom is -0.507 e. The van der Waals surface area contributed by atoms with Crippen molar-refractivity contribution in [1.82, 2.24) is 4.98 Å². The van der Waals surface area contributed by atoms with E-state index in [2.05, 4.69) is 18.7 Å². The first-order valence-electron chi connectivity index (χ1n) is 10.4. The van der Waals surface area contributed by atoms with E-state index in [1.807, 2.05) is 54.6 Å². The number of hydrogen-bond donors (Lipinski definition) is 1. The number of aromatic nitrogens is 1. The Kier molecular flexibility index (Phi) is 6.14. The van der Waals surface area contributed by atoms with Gasteiger partial charge in [-0.25, -0.2) is 4.98 Å². The SMILES string of the molecule is CCN(CC)c1ccc(C=C(C(=O)c2ccccc2)c2nc3ccccc3s2)c(O)c1. The first-order chi connectivity index (χ1) is 15.1. The van der Waals surface area contributed by atoms with Crippen molar-refractivity contribution in [2.45, 2.75) is 13.8 Å². The van der Waals surface area contributed by atoms with Crippen LogP contribution in [0.1, 0.15) is 34.8 Å². The molecule has 0 bridgehead atoms. The standard InChI is InChI=1S/C26H24N2O2S/c1-3-28(4-2)20-15-14-19(23(29)17-20)16-21(25(30)18-10-6-5-7-11-18)26-27-22-12-8-9-13-24(22)31-26/h5-17,29H,3-4H2,1-2H3. The lowest BCUT2D eigenvalue weighted by molar-refractivity contribution is 0.105. The van der Waals surface area contributed by atoms with Crippen LogP contribution in [0.2, 0.25) is 0 Å². The van der Waals surface area contributed by atoms with E-state index in [0.717, 1.165) is 29.0 Å². The normalized spacial score (nSPS) is 11.6. The Morgan fingerprint density at radius 1 is 1.00 bits per heavy atom. The van der Waals surface area contributed by atoms with Crippen molar-refractivity contribution in [3.63, 3.8) is 0 Å². The second-order valence-corrected chi connectivity index (χ2v) is 8.19. The van der Waals surface area contributed by atoms with Gasteiger partial charge in [0.05, 0.1) is 15.8 Å². The van der Waals surface area contributed by atoms with Gasteiger partial charge in [-0.15, -0.1) is 11.3 Å². The quantitative estimate of drug-likeness (QED) is 0.278. The molecule has 156 valence electrons. The predicted octanol–water partition coefficient (Wildman–Crippen LogP) is 6.27. The average Bonchev–Trinajstić information content (AvgIpc) is 3.23. The lowest BCUT2D eigenvalue weighted by Gasteiger charge is -2.21. The van der Waals surface area contributed by atoms with Crippen LogP contribution >= 0.6 is 11.3 Å². The highest BCUT2D eigenvalue weighted by Gasteiger charge is 2.19. The van der Waals surface area contributed by atoms with Crippen molar-refractivity contribution in [1.29, 1.82) is 0 Å². The van der Waals surface area contributed by atoms with Gasteiger partial charge >= 0.3 is 0 Å². The summed E-state index contributed by atoms with van der Waals surface area (Å²) in [6, 6.07) is 22.6. The second-order valence-electron chi connectivity index (χ2n) is 7.16. The summed E-state index contributed by atoms with van der Waals surface area (Å²) in [5.74, 6) is 0.0238. The highest BCUT2D eigenvalue weighted by Crippen LogP contribution is 2.33. The Balaban J connectivity index is 1.82. The third kappa shape index (κ3) is 4.37. The molecule has 0 aliphatic heterocycles. The van der Waals surface area contributed by atoms with Gasteiger partial charge in [-0.1, -0.05) is 42.5 Å². The minimum atomic E-state index is -0.119. The third-order valence-electron chi connectivity index (χ3n) is 5.25. The number of phenolic OH excluding ortho intramolecular Hbond substituents is 1. The maximum Gasteiger partial charge on any atom is 0.196 e. The molecule has 0 saturated heterocycles. The molecule has 0 atom stereocenters. The molecule has 0 radical (unpaired) electrons. The number of benzene rings is 3. The Morgan fingerprint density at radius 2 is 1.71 bits per heavy atom. The van der Waals surface area contributed by atoms with Gasteiger partial charge in [-0.3, -0.25) is 4.79 Å². The molecule has 31 heavy (non-hydrogen) atoms. The van der Waals surface area contributed by atoms with E-state index in [1.165, 1.54) is 11.3 Å². The summed E-state index contributed by atoms with van der Waals surface area (Å²) in [6.45, 7) is 5.87. The van der Waals surface area contributed by atoms with E-state index in [-0.39, 0.29) is 11.5 Å². The van der Waals surface area contributed by atoms with Crippen molar-refractivity contribution in [2.75, 3.05) is 18.0 Å². The Labute approximate surface area is 186 Å². The maximum atomic E-state index is 13.4. The summed E-state index contributed by atoms with van der Waals surface area (Å²) < 4.78 is 1.02. The number of carbonyl (C=O) groups excluding carboxylic acids is 1. The number of ketones is 1. The predicted molar refractivity (Wildman–Crippen MR) is 130 cm³/mol. The number of nitrogens with zero attached hydrogens (tertiary/aromatic N) is 2. The van der Waals surface area contributed by atoms with Crippen molar-refractivity contribution in [3.05, 3.63) is 88.9 Å². The smallest absolute Gasteiger partial charge is 0.196 e. The number of phenols is 1. The first kappa shape index (κ1) is 20.8. The minimum absolute atomic E-state index is 0.119. The molecule has 4 nitrogen and oxygen atoms in total. The number of aromatic hydroxyl groups is 1. The van der Waals surface area contributed by atoms with Crippen LogP contribution in [-0.2, 0) is 0 Å². The molecule has 0 amide bonds. The Bertz CT molecular complexity index is 1210. The van der Waals surface area contributed by atoms with E-state index in [1.54, 1.807) is 24.3 Å². The number of fused-ring (bicyclic) bond motifs is 1. The van der Waals surface area contributed by atoms with Gasteiger partial charge in [-0.05, 0) is 44.2 Å². The van der Waals surface area contributed by atoms with Crippen LogP contribution in [0.15, 0.2) is 72.8 Å². The number of anilines is 1. The maximum absolute atomic E-state index is 13.4. The zero-order valence-corrected chi connectivity index (χ0v) is 18.4. The molecular formula is C26H24N2O2S. The van der Waals surface area contributed by atoms with Crippen LogP contribution in [0.3, 0.4) is 0 Å². The van der Waals surface area contributed by atoms with E-state index in [0.29, 0.717) is 21.7 Å². The van der Waals surface area contributed by atoms with E-state index in [9.17, 15) is 9.90 Å². The Hall–Kier alpha value is -3.44. The molecule has 0 fully saturated rings. The van der Waals surface area contributed by atoms with Gasteiger partial charge in [-0.2, -0.15) is 0 Å². The summed E-state index contributed by atoms with van der Waals surface area (Å²) in [5, 5.41) is 11.4. The molecule has 3 aromatic carbocycles. The van der Waals surface area contributed by atoms with Crippen molar-refractivity contribution < 1.29 is 9.90 Å². The zero-order chi connectivity index (χ0) is 21.8. The van der Waals surface area contributed by atoms with Gasteiger partial charge in [0.1, 0.15) is 10.8 Å². The van der Waals surface area contributed by atoms with Gasteiger partial charge in [0.25, 0.3) is 0 Å². The van der Waals surface area contributed by atoms with Crippen LogP contribution in [0, 0.1) is 0 Å². The summed E-state index contributed by atoms with van der Waals surface area (Å²) in [6.07, 6.45) is 1.74. The van der Waals surface area contributed by atoms with Gasteiger partial charge in [0.15, 0.2) is 5.78 Å². The lowest BCUT2D eigenvalue weighted by atomic mass is 10.0. The molecule has 0 unspecified atom stereocenters. The molecule has 5 heteroatoms. The Morgan fingerprint density at radius 3 is 2.39 bits per heavy atom. The van der Waals surface area contributed by atoms with Crippen molar-refractivity contribution >= 4 is 44.7 Å². The van der Waals surface area contributed by atoms with Crippen LogP contribution in [0.5, 0.6) is 5.75 Å². The van der Waals surface area contributed by atoms with Crippen LogP contribution in [0.25, 0.3) is 21.9 Å². The number of Topliss-reactive ketones (excluding diaryl/α,β-unsaturated/α-hetero) is 1. The molecule has 0 aliphatic carbocycles. The number of rotatable bonds is 7. The highest BCUT2D eigenvalue weighted by atomic mass is 32.1. The fraction of sp³-hybridized carbons (Fsp3) is 0.154. The topological polar surface area (TPSA) is 53.4 Å². The highest BCUT2D eigenvalue weighted by molar-refractivity contribution is 7.20. The lowest BCUT2D eigenvalue weighted by Crippen LogP contribution is -2.21. The molecule has 4 aromatic rings. The van der Waals surface area contributed by atoms with Gasteiger partial charge < -0.3 is 10.0 Å². The summed E-state index contributed by atoms with van der Waals surface area (Å²) >= 11 is 1.48. The number of carbonyl (C=O) groups is 1. The van der Waals surface area contributed by atoms with Crippen LogP contribution < -0.4 is 4.90 Å². The van der Waals surface area contributed by atoms with Crippen LogP contribution in [-0.4, -0.2) is 29.0 Å². The molecule has 1 aromatic heterocycles. The number of hydrogen-bond acceptors (Lipinski definition) is 5. The summed E-state index contributed by atoms with van der Waals surface area (Å²) in [4.78, 5) is 20.3. The summed E-state index contributed by atoms with van der Waals surface area (Å²) in [5.41, 5.74) is 3.46. The van der Waals surface area contributed by atoms with Crippen molar-refractivity contribution in [3.8, 4) is 5.75 Å². The van der Waals surface area contributed by atoms with E-state index >= 15 is 0 Å². The first-order valence-corrected chi connectivity index (χ1v) is 11.2. The fourth-order valence-electron chi connectivity index (χ4n) is 3.55. The molecule has 4 rings (SSSR count). The number of allylic oxidation sites excluding steroid dienone is 1. The zero-order valence-electron chi connectivity index (χ0n) is 17.6. The molecule has 0 saturated carbocycles. The molecule has 0 spiro atoms. The van der Waals surface area contributed by atoms with E-state index < -0.39 is 0 Å². The number of para-hydroxylation sites is 1. The average molecular weight is 429 g/mol. The third-order valence-corrected chi connectivity index (χ3v) is 6.32. The molecular weight excluding hydrogens is 404 g/mol. The molecule has 0 aliphatic rings. The second kappa shape index (κ2) is 9.14. The monoisotopic (exact) mass is 428 g/mol. The fourth-order valence-corrected chi connectivity index (χ4v) is 4.53. The van der Waals surface area contributed by atoms with Gasteiger partial charge in [0, 0.05) is 36.0 Å². The van der Waals surface area contributed by atoms with Crippen LogP contribution in [0.4, 0.5) is 5.69 Å². The largest absolute Gasteiger partial charge is 0.507 e. The van der Waals surface area contributed by atoms with Crippen molar-refractivity contribution in [2.24, 2.45) is 0 Å². The summed E-state index contributed by atoms with van der Waals surface area (Å²) in [7, 11) is 0. The number of thiazole rings is 1.